The summed E-state index contributed by atoms with van der Waals surface area (Å²) in [4.78, 5) is 23.9. The van der Waals surface area contributed by atoms with Crippen molar-refractivity contribution in [1.29, 1.82) is 0 Å². The Morgan fingerprint density at radius 3 is 2.48 bits per heavy atom. The smallest absolute Gasteiger partial charge is 0.341 e. The van der Waals surface area contributed by atoms with E-state index in [0.29, 0.717) is 6.07 Å². The van der Waals surface area contributed by atoms with Gasteiger partial charge in [0.05, 0.1) is 5.56 Å². The monoisotopic (exact) mass is 372 g/mol. The molecule has 2 aromatic carbocycles. The molecule has 0 fully saturated rings. The van der Waals surface area contributed by atoms with E-state index in [1.165, 1.54) is 0 Å². The number of carbonyl (C=O) groups is 1. The highest BCUT2D eigenvalue weighted by Gasteiger charge is 2.15. The molecule has 0 aliphatic carbocycles. The van der Waals surface area contributed by atoms with Crippen LogP contribution < -0.4 is 10.2 Å². The van der Waals surface area contributed by atoms with Crippen molar-refractivity contribution in [2.45, 2.75) is 13.2 Å². The standard InChI is InChI=1S/C20H14F2O5/c21-14-6-7-16(17(22)8-14)20(24)27-11-15-9-18(23)19(12-25-15)26-10-13-4-2-1-3-5-13/h1-9,12H,10-11H2. The molecule has 138 valence electrons. The lowest BCUT2D eigenvalue weighted by Gasteiger charge is -2.07. The Bertz CT molecular complexity index is 999. The van der Waals surface area contributed by atoms with E-state index in [1.54, 1.807) is 0 Å². The molecule has 0 unspecified atom stereocenters. The molecule has 0 saturated heterocycles. The van der Waals surface area contributed by atoms with Crippen LogP contribution in [0.1, 0.15) is 21.7 Å². The van der Waals surface area contributed by atoms with Crippen molar-refractivity contribution in [3.63, 3.8) is 0 Å². The van der Waals surface area contributed by atoms with Gasteiger partial charge in [0.1, 0.15) is 36.9 Å². The minimum absolute atomic E-state index is 0.0125. The highest BCUT2D eigenvalue weighted by Crippen LogP contribution is 2.13. The van der Waals surface area contributed by atoms with Gasteiger partial charge >= 0.3 is 5.97 Å². The molecule has 0 atom stereocenters. The summed E-state index contributed by atoms with van der Waals surface area (Å²) in [6, 6.07) is 12.9. The zero-order valence-corrected chi connectivity index (χ0v) is 14.0. The van der Waals surface area contributed by atoms with Crippen LogP contribution in [-0.4, -0.2) is 5.97 Å². The zero-order chi connectivity index (χ0) is 19.2. The second-order valence-electron chi connectivity index (χ2n) is 5.55. The number of benzene rings is 2. The number of carbonyl (C=O) groups excluding carboxylic acids is 1. The Morgan fingerprint density at radius 1 is 1.00 bits per heavy atom. The molecule has 0 spiro atoms. The van der Waals surface area contributed by atoms with Gasteiger partial charge in [-0.05, 0) is 17.7 Å². The predicted molar refractivity (Wildman–Crippen MR) is 91.2 cm³/mol. The van der Waals surface area contributed by atoms with Gasteiger partial charge in [0, 0.05) is 12.1 Å². The van der Waals surface area contributed by atoms with Crippen LogP contribution in [0.25, 0.3) is 0 Å². The fourth-order valence-corrected chi connectivity index (χ4v) is 2.22. The van der Waals surface area contributed by atoms with Gasteiger partial charge in [0.25, 0.3) is 0 Å². The quantitative estimate of drug-likeness (QED) is 0.615. The lowest BCUT2D eigenvalue weighted by atomic mass is 10.2. The van der Waals surface area contributed by atoms with E-state index in [0.717, 1.165) is 30.0 Å². The van der Waals surface area contributed by atoms with Crippen molar-refractivity contribution in [2.24, 2.45) is 0 Å². The Balaban J connectivity index is 1.60. The maximum atomic E-state index is 13.5. The first kappa shape index (κ1) is 18.3. The molecule has 0 amide bonds. The lowest BCUT2D eigenvalue weighted by Crippen LogP contribution is -2.11. The lowest BCUT2D eigenvalue weighted by molar-refractivity contribution is 0.0437. The van der Waals surface area contributed by atoms with E-state index in [9.17, 15) is 18.4 Å². The van der Waals surface area contributed by atoms with E-state index in [2.05, 4.69) is 0 Å². The van der Waals surface area contributed by atoms with Gasteiger partial charge in [-0.25, -0.2) is 13.6 Å². The highest BCUT2D eigenvalue weighted by atomic mass is 19.1. The SMILES string of the molecule is O=C(OCc1cc(=O)c(OCc2ccccc2)co1)c1ccc(F)cc1F. The molecule has 0 bridgehead atoms. The third-order valence-corrected chi connectivity index (χ3v) is 3.59. The summed E-state index contributed by atoms with van der Waals surface area (Å²) in [6.07, 6.45) is 1.12. The molecule has 3 rings (SSSR count). The average molecular weight is 372 g/mol. The van der Waals surface area contributed by atoms with Gasteiger partial charge in [-0.15, -0.1) is 0 Å². The summed E-state index contributed by atoms with van der Waals surface area (Å²) in [7, 11) is 0. The van der Waals surface area contributed by atoms with Crippen LogP contribution >= 0.6 is 0 Å². The van der Waals surface area contributed by atoms with Crippen LogP contribution in [-0.2, 0) is 18.0 Å². The number of hydrogen-bond donors (Lipinski definition) is 0. The largest absolute Gasteiger partial charge is 0.482 e. The Morgan fingerprint density at radius 2 is 1.78 bits per heavy atom. The van der Waals surface area contributed by atoms with E-state index in [4.69, 9.17) is 13.9 Å². The second-order valence-corrected chi connectivity index (χ2v) is 5.55. The minimum atomic E-state index is -1.04. The summed E-state index contributed by atoms with van der Waals surface area (Å²) in [6.45, 7) is -0.187. The third kappa shape index (κ3) is 4.78. The number of halogens is 2. The van der Waals surface area contributed by atoms with E-state index >= 15 is 0 Å². The second kappa shape index (κ2) is 8.27. The summed E-state index contributed by atoms with van der Waals surface area (Å²) in [5, 5.41) is 0. The number of ether oxygens (including phenoxy) is 2. The molecule has 0 N–H and O–H groups in total. The number of hydrogen-bond acceptors (Lipinski definition) is 5. The number of esters is 1. The summed E-state index contributed by atoms with van der Waals surface area (Å²) in [5.41, 5.74) is 0.0222. The van der Waals surface area contributed by atoms with Crippen LogP contribution in [0, 0.1) is 11.6 Å². The first-order valence-corrected chi connectivity index (χ1v) is 7.93. The van der Waals surface area contributed by atoms with Gasteiger partial charge in [0.2, 0.25) is 11.2 Å². The van der Waals surface area contributed by atoms with Crippen molar-refractivity contribution in [1.82, 2.24) is 0 Å². The van der Waals surface area contributed by atoms with Crippen LogP contribution in [0.4, 0.5) is 8.78 Å². The third-order valence-electron chi connectivity index (χ3n) is 3.59. The van der Waals surface area contributed by atoms with Crippen LogP contribution in [0.5, 0.6) is 5.75 Å². The fourth-order valence-electron chi connectivity index (χ4n) is 2.22. The summed E-state index contributed by atoms with van der Waals surface area (Å²) in [5.74, 6) is -2.77. The first-order valence-electron chi connectivity index (χ1n) is 7.93. The summed E-state index contributed by atoms with van der Waals surface area (Å²) >= 11 is 0. The molecular weight excluding hydrogens is 358 g/mol. The zero-order valence-electron chi connectivity index (χ0n) is 14.0. The molecule has 0 radical (unpaired) electrons. The molecule has 27 heavy (non-hydrogen) atoms. The predicted octanol–water partition coefficient (Wildman–Crippen LogP) is 3.85. The van der Waals surface area contributed by atoms with Crippen LogP contribution in [0.3, 0.4) is 0 Å². The average Bonchev–Trinajstić information content (AvgIpc) is 2.66. The Kier molecular flexibility index (Phi) is 5.61. The van der Waals surface area contributed by atoms with Crippen LogP contribution in [0.15, 0.2) is 70.1 Å². The fraction of sp³-hybridized carbons (Fsp3) is 0.100. The number of rotatable bonds is 6. The van der Waals surface area contributed by atoms with Gasteiger partial charge in [-0.1, -0.05) is 30.3 Å². The first-order chi connectivity index (χ1) is 13.0. The van der Waals surface area contributed by atoms with Gasteiger partial charge in [0.15, 0.2) is 0 Å². The van der Waals surface area contributed by atoms with Crippen molar-refractivity contribution in [2.75, 3.05) is 0 Å². The van der Waals surface area contributed by atoms with Crippen molar-refractivity contribution in [3.05, 3.63) is 99.6 Å². The van der Waals surface area contributed by atoms with Gasteiger partial charge in [-0.2, -0.15) is 0 Å². The molecule has 3 aromatic rings. The topological polar surface area (TPSA) is 65.7 Å². The molecule has 7 heteroatoms. The normalized spacial score (nSPS) is 10.4. The highest BCUT2D eigenvalue weighted by molar-refractivity contribution is 5.89. The van der Waals surface area contributed by atoms with E-state index in [-0.39, 0.29) is 24.7 Å². The molecule has 0 saturated carbocycles. The van der Waals surface area contributed by atoms with Crippen molar-refractivity contribution >= 4 is 5.97 Å². The van der Waals surface area contributed by atoms with Crippen molar-refractivity contribution in [3.8, 4) is 5.75 Å². The molecule has 1 aromatic heterocycles. The summed E-state index contributed by atoms with van der Waals surface area (Å²) < 4.78 is 41.9. The van der Waals surface area contributed by atoms with Gasteiger partial charge in [-0.3, -0.25) is 4.79 Å². The Labute approximate surface area is 152 Å². The van der Waals surface area contributed by atoms with Gasteiger partial charge < -0.3 is 13.9 Å². The van der Waals surface area contributed by atoms with Crippen molar-refractivity contribution < 1.29 is 27.5 Å². The maximum Gasteiger partial charge on any atom is 0.341 e. The maximum absolute atomic E-state index is 13.5. The molecule has 1 heterocycles. The van der Waals surface area contributed by atoms with E-state index in [1.807, 2.05) is 30.3 Å². The van der Waals surface area contributed by atoms with E-state index < -0.39 is 28.6 Å². The molecule has 5 nitrogen and oxygen atoms in total. The molecule has 0 aliphatic rings. The minimum Gasteiger partial charge on any atom is -0.482 e. The molecule has 0 aliphatic heterocycles. The molecular formula is C20H14F2O5. The Hall–Kier alpha value is -3.48. The van der Waals surface area contributed by atoms with Crippen LogP contribution in [0.2, 0.25) is 0 Å².